The van der Waals surface area contributed by atoms with E-state index in [2.05, 4.69) is 74.0 Å². The number of nitrogens with one attached hydrogen (secondary N) is 1. The molecule has 1 aromatic rings. The van der Waals surface area contributed by atoms with Gasteiger partial charge in [-0.1, -0.05) is 6.92 Å². The van der Waals surface area contributed by atoms with Gasteiger partial charge in [-0.3, -0.25) is 4.98 Å². The van der Waals surface area contributed by atoms with E-state index in [1.165, 1.54) is 5.69 Å². The molecule has 1 heterocycles. The molecule has 0 aliphatic heterocycles. The topological polar surface area (TPSA) is 31.4 Å². The minimum Gasteiger partial charge on any atom is -0.370 e. The maximum atomic E-state index is 4.48. The molecule has 120 valence electrons. The van der Waals surface area contributed by atoms with Crippen LogP contribution in [-0.2, 0) is 6.54 Å². The van der Waals surface area contributed by atoms with Crippen molar-refractivity contribution in [3.05, 3.63) is 24.0 Å². The summed E-state index contributed by atoms with van der Waals surface area (Å²) in [4.78, 5) is 9.16. The molecule has 1 rings (SSSR count). The molecule has 0 radical (unpaired) electrons. The van der Waals surface area contributed by atoms with Crippen molar-refractivity contribution in [1.29, 1.82) is 0 Å². The van der Waals surface area contributed by atoms with Crippen LogP contribution in [0, 0.1) is 0 Å². The Morgan fingerprint density at radius 2 is 1.86 bits per heavy atom. The number of pyridine rings is 1. The first kappa shape index (κ1) is 17.9. The van der Waals surface area contributed by atoms with E-state index in [-0.39, 0.29) is 5.54 Å². The van der Waals surface area contributed by atoms with Crippen molar-refractivity contribution in [2.75, 3.05) is 38.6 Å². The van der Waals surface area contributed by atoms with E-state index in [1.54, 1.807) is 0 Å². The monoisotopic (exact) mass is 292 g/mol. The fourth-order valence-electron chi connectivity index (χ4n) is 2.08. The Balaban J connectivity index is 2.74. The highest BCUT2D eigenvalue weighted by atomic mass is 15.2. The summed E-state index contributed by atoms with van der Waals surface area (Å²) in [6.07, 6.45) is 3.08. The highest BCUT2D eigenvalue weighted by molar-refractivity contribution is 5.46. The molecule has 4 nitrogen and oxygen atoms in total. The van der Waals surface area contributed by atoms with Gasteiger partial charge >= 0.3 is 0 Å². The van der Waals surface area contributed by atoms with Crippen LogP contribution in [0.3, 0.4) is 0 Å². The normalized spacial score (nSPS) is 12.0. The average Bonchev–Trinajstić information content (AvgIpc) is 2.40. The van der Waals surface area contributed by atoms with E-state index in [1.807, 2.05) is 6.20 Å². The van der Waals surface area contributed by atoms with Crippen LogP contribution in [0.15, 0.2) is 18.3 Å². The molecule has 4 heteroatoms. The Morgan fingerprint density at radius 3 is 2.43 bits per heavy atom. The minimum atomic E-state index is 0.117. The van der Waals surface area contributed by atoms with Crippen LogP contribution in [0.2, 0.25) is 0 Å². The van der Waals surface area contributed by atoms with Crippen molar-refractivity contribution in [3.63, 3.8) is 0 Å². The molecule has 0 saturated heterocycles. The van der Waals surface area contributed by atoms with Crippen molar-refractivity contribution < 1.29 is 0 Å². The lowest BCUT2D eigenvalue weighted by Gasteiger charge is -2.26. The second kappa shape index (κ2) is 8.35. The molecule has 0 fully saturated rings. The molecule has 0 aliphatic rings. The van der Waals surface area contributed by atoms with Crippen molar-refractivity contribution >= 4 is 5.69 Å². The van der Waals surface area contributed by atoms with Crippen molar-refractivity contribution in [2.24, 2.45) is 0 Å². The molecular weight excluding hydrogens is 260 g/mol. The number of aromatic nitrogens is 1. The Bertz CT molecular complexity index is 409. The van der Waals surface area contributed by atoms with Crippen molar-refractivity contribution in [3.8, 4) is 0 Å². The summed E-state index contributed by atoms with van der Waals surface area (Å²) in [5.74, 6) is 0. The average molecular weight is 292 g/mol. The van der Waals surface area contributed by atoms with Gasteiger partial charge in [-0.25, -0.2) is 0 Å². The lowest BCUT2D eigenvalue weighted by Crippen LogP contribution is -2.35. The van der Waals surface area contributed by atoms with Gasteiger partial charge in [-0.2, -0.15) is 0 Å². The summed E-state index contributed by atoms with van der Waals surface area (Å²) >= 11 is 0. The summed E-state index contributed by atoms with van der Waals surface area (Å²) < 4.78 is 0. The Labute approximate surface area is 130 Å². The van der Waals surface area contributed by atoms with Crippen LogP contribution < -0.4 is 10.2 Å². The molecule has 21 heavy (non-hydrogen) atoms. The van der Waals surface area contributed by atoms with E-state index in [4.69, 9.17) is 0 Å². The fourth-order valence-corrected chi connectivity index (χ4v) is 2.08. The predicted molar refractivity (Wildman–Crippen MR) is 91.9 cm³/mol. The summed E-state index contributed by atoms with van der Waals surface area (Å²) in [7, 11) is 4.24. The van der Waals surface area contributed by atoms with Crippen LogP contribution in [0.25, 0.3) is 0 Å². The van der Waals surface area contributed by atoms with Crippen molar-refractivity contribution in [1.82, 2.24) is 15.2 Å². The molecule has 0 amide bonds. The first-order chi connectivity index (χ1) is 9.81. The first-order valence-corrected chi connectivity index (χ1v) is 7.91. The number of hydrogen-bond donors (Lipinski definition) is 1. The molecule has 0 aromatic carbocycles. The zero-order valence-corrected chi connectivity index (χ0v) is 14.6. The third-order valence-electron chi connectivity index (χ3n) is 3.28. The second-order valence-electron chi connectivity index (χ2n) is 6.90. The van der Waals surface area contributed by atoms with Gasteiger partial charge in [0.25, 0.3) is 0 Å². The highest BCUT2D eigenvalue weighted by Gasteiger charge is 2.11. The predicted octanol–water partition coefficient (Wildman–Crippen LogP) is 2.75. The number of nitrogens with zero attached hydrogens (tertiary/aromatic N) is 3. The third-order valence-corrected chi connectivity index (χ3v) is 3.28. The van der Waals surface area contributed by atoms with Crippen LogP contribution in [0.4, 0.5) is 5.69 Å². The highest BCUT2D eigenvalue weighted by Crippen LogP contribution is 2.15. The molecular formula is C17H32N4. The summed E-state index contributed by atoms with van der Waals surface area (Å²) in [6.45, 7) is 12.8. The molecule has 0 spiro atoms. The van der Waals surface area contributed by atoms with E-state index in [0.29, 0.717) is 0 Å². The van der Waals surface area contributed by atoms with Gasteiger partial charge < -0.3 is 15.1 Å². The molecule has 0 aliphatic carbocycles. The Kier molecular flexibility index (Phi) is 7.12. The SMILES string of the molecule is CCCN(CCN(C)C)c1ccnc(CNC(C)(C)C)c1. The molecule has 0 saturated carbocycles. The zero-order chi connectivity index (χ0) is 15.9. The van der Waals surface area contributed by atoms with E-state index in [0.717, 1.165) is 38.3 Å². The zero-order valence-electron chi connectivity index (χ0n) is 14.6. The number of rotatable bonds is 8. The smallest absolute Gasteiger partial charge is 0.0562 e. The van der Waals surface area contributed by atoms with Gasteiger partial charge in [0.05, 0.1) is 5.69 Å². The van der Waals surface area contributed by atoms with Gasteiger partial charge in [0.1, 0.15) is 0 Å². The third kappa shape index (κ3) is 7.44. The summed E-state index contributed by atoms with van der Waals surface area (Å²) in [5, 5.41) is 3.50. The van der Waals surface area contributed by atoms with Crippen LogP contribution in [0.1, 0.15) is 39.8 Å². The standard InChI is InChI=1S/C17H32N4/c1-7-10-21(12-11-20(5)6)16-8-9-18-15(13-16)14-19-17(2,3)4/h8-9,13,19H,7,10-12,14H2,1-6H3. The second-order valence-corrected chi connectivity index (χ2v) is 6.90. The summed E-state index contributed by atoms with van der Waals surface area (Å²) in [6, 6.07) is 4.33. The van der Waals surface area contributed by atoms with Gasteiger partial charge in [-0.05, 0) is 53.4 Å². The lowest BCUT2D eigenvalue weighted by atomic mass is 10.1. The van der Waals surface area contributed by atoms with E-state index < -0.39 is 0 Å². The van der Waals surface area contributed by atoms with Gasteiger partial charge in [0.15, 0.2) is 0 Å². The molecule has 1 aromatic heterocycles. The van der Waals surface area contributed by atoms with Crippen LogP contribution in [0.5, 0.6) is 0 Å². The lowest BCUT2D eigenvalue weighted by molar-refractivity contribution is 0.412. The molecule has 0 unspecified atom stereocenters. The fraction of sp³-hybridized carbons (Fsp3) is 0.706. The minimum absolute atomic E-state index is 0.117. The Morgan fingerprint density at radius 1 is 1.14 bits per heavy atom. The number of anilines is 1. The maximum absolute atomic E-state index is 4.48. The van der Waals surface area contributed by atoms with Gasteiger partial charge in [0.2, 0.25) is 0 Å². The number of likely N-dealkylation sites (N-methyl/N-ethyl adjacent to an activating group) is 1. The molecule has 1 N–H and O–H groups in total. The van der Waals surface area contributed by atoms with Gasteiger partial charge in [0, 0.05) is 43.6 Å². The number of hydrogen-bond acceptors (Lipinski definition) is 4. The maximum Gasteiger partial charge on any atom is 0.0562 e. The molecule has 0 bridgehead atoms. The van der Waals surface area contributed by atoms with Crippen LogP contribution >= 0.6 is 0 Å². The summed E-state index contributed by atoms with van der Waals surface area (Å²) in [5.41, 5.74) is 2.50. The largest absolute Gasteiger partial charge is 0.370 e. The Hall–Kier alpha value is -1.13. The molecule has 0 atom stereocenters. The quantitative estimate of drug-likeness (QED) is 0.798. The van der Waals surface area contributed by atoms with E-state index >= 15 is 0 Å². The van der Waals surface area contributed by atoms with Gasteiger partial charge in [-0.15, -0.1) is 0 Å². The van der Waals surface area contributed by atoms with E-state index in [9.17, 15) is 0 Å². The first-order valence-electron chi connectivity index (χ1n) is 7.91. The van der Waals surface area contributed by atoms with Crippen LogP contribution in [-0.4, -0.2) is 49.2 Å². The van der Waals surface area contributed by atoms with Crippen molar-refractivity contribution in [2.45, 2.75) is 46.2 Å².